The molecular weight excluding hydrogens is 479 g/mol. The highest BCUT2D eigenvalue weighted by atomic mass is 35.5. The number of ketones is 1. The van der Waals surface area contributed by atoms with Gasteiger partial charge in [-0.25, -0.2) is 0 Å². The van der Waals surface area contributed by atoms with Crippen molar-refractivity contribution in [1.29, 1.82) is 0 Å². The maximum absolute atomic E-state index is 13.2. The van der Waals surface area contributed by atoms with E-state index in [1.807, 2.05) is 6.92 Å². The van der Waals surface area contributed by atoms with Crippen LogP contribution in [-0.4, -0.2) is 73.1 Å². The number of aryl methyl sites for hydroxylation is 1. The second kappa shape index (κ2) is 10.4. The molecule has 0 radical (unpaired) electrons. The first-order chi connectivity index (χ1) is 16.3. The summed E-state index contributed by atoms with van der Waals surface area (Å²) in [6, 6.07) is 9.29. The van der Waals surface area contributed by atoms with Crippen LogP contribution in [0.25, 0.3) is 5.76 Å². The van der Waals surface area contributed by atoms with Gasteiger partial charge in [0.1, 0.15) is 11.5 Å². The smallest absolute Gasteiger partial charge is 0.295 e. The van der Waals surface area contributed by atoms with Crippen molar-refractivity contribution < 1.29 is 24.2 Å². The second-order valence-electron chi connectivity index (χ2n) is 8.30. The van der Waals surface area contributed by atoms with Gasteiger partial charge in [0.05, 0.1) is 42.0 Å². The number of carbonyl (C=O) groups is 2. The molecule has 0 saturated carbocycles. The monoisotopic (exact) mass is 504 g/mol. The molecule has 2 aliphatic heterocycles. The zero-order chi connectivity index (χ0) is 24.4. The lowest BCUT2D eigenvalue weighted by atomic mass is 9.94. The zero-order valence-electron chi connectivity index (χ0n) is 19.0. The average molecular weight is 505 g/mol. The van der Waals surface area contributed by atoms with E-state index in [4.69, 9.17) is 32.7 Å². The largest absolute Gasteiger partial charge is 0.507 e. The molecule has 2 aromatic carbocycles. The molecule has 0 spiro atoms. The van der Waals surface area contributed by atoms with Crippen molar-refractivity contribution in [2.45, 2.75) is 13.0 Å². The predicted octanol–water partition coefficient (Wildman–Crippen LogP) is 4.06. The fraction of sp³-hybridized carbons (Fsp3) is 0.360. The van der Waals surface area contributed by atoms with Gasteiger partial charge in [0.2, 0.25) is 0 Å². The van der Waals surface area contributed by atoms with Gasteiger partial charge in [0.25, 0.3) is 11.7 Å². The first kappa shape index (κ1) is 24.5. The average Bonchev–Trinajstić information content (AvgIpc) is 3.09. The molecule has 2 fully saturated rings. The number of methoxy groups -OCH3 is 1. The van der Waals surface area contributed by atoms with Crippen LogP contribution in [-0.2, 0) is 14.3 Å². The number of amides is 1. The summed E-state index contributed by atoms with van der Waals surface area (Å²) < 4.78 is 10.7. The summed E-state index contributed by atoms with van der Waals surface area (Å²) in [4.78, 5) is 30.0. The first-order valence-electron chi connectivity index (χ1n) is 11.0. The van der Waals surface area contributed by atoms with Gasteiger partial charge in [-0.15, -0.1) is 0 Å². The highest BCUT2D eigenvalue weighted by molar-refractivity contribution is 6.46. The predicted molar refractivity (Wildman–Crippen MR) is 130 cm³/mol. The van der Waals surface area contributed by atoms with Crippen molar-refractivity contribution in [3.8, 4) is 5.75 Å². The Morgan fingerprint density at radius 1 is 1.09 bits per heavy atom. The third kappa shape index (κ3) is 4.79. The van der Waals surface area contributed by atoms with Gasteiger partial charge < -0.3 is 19.5 Å². The second-order valence-corrected chi connectivity index (χ2v) is 9.12. The zero-order valence-corrected chi connectivity index (χ0v) is 20.5. The number of ether oxygens (including phenoxy) is 2. The maximum Gasteiger partial charge on any atom is 0.295 e. The summed E-state index contributed by atoms with van der Waals surface area (Å²) >= 11 is 12.4. The Labute approximate surface area is 208 Å². The molecule has 2 saturated heterocycles. The van der Waals surface area contributed by atoms with E-state index in [1.54, 1.807) is 43.5 Å². The molecule has 0 aliphatic carbocycles. The molecule has 1 amide bonds. The van der Waals surface area contributed by atoms with Gasteiger partial charge in [-0.05, 0) is 48.4 Å². The van der Waals surface area contributed by atoms with Gasteiger partial charge in [0.15, 0.2) is 0 Å². The number of hydrogen-bond donors (Lipinski definition) is 1. The van der Waals surface area contributed by atoms with Crippen molar-refractivity contribution in [3.05, 3.63) is 68.7 Å². The standard InChI is InChI=1S/C25H26Cl2N2O5/c1-15-13-17(4-6-20(15)33-2)23(30)21-22(16-3-5-18(26)19(27)14-16)29(25(32)24(21)31)8-7-28-9-11-34-12-10-28/h3-6,13-14,22,30H,7-12H2,1-2H3/b23-21+/t22-/m1/s1. The lowest BCUT2D eigenvalue weighted by Gasteiger charge is -2.31. The molecule has 2 aliphatic rings. The van der Waals surface area contributed by atoms with Crippen LogP contribution in [0.1, 0.15) is 22.7 Å². The van der Waals surface area contributed by atoms with E-state index >= 15 is 0 Å². The number of Topliss-reactive ketones (excluding diaryl/α,β-unsaturated/α-hetero) is 1. The number of nitrogens with zero attached hydrogens (tertiary/aromatic N) is 2. The van der Waals surface area contributed by atoms with Gasteiger partial charge in [-0.2, -0.15) is 0 Å². The fourth-order valence-electron chi connectivity index (χ4n) is 4.39. The van der Waals surface area contributed by atoms with Crippen LogP contribution in [0.4, 0.5) is 0 Å². The Balaban J connectivity index is 1.77. The first-order valence-corrected chi connectivity index (χ1v) is 11.8. The summed E-state index contributed by atoms with van der Waals surface area (Å²) in [5.74, 6) is -0.974. The van der Waals surface area contributed by atoms with Crippen molar-refractivity contribution in [3.63, 3.8) is 0 Å². The Morgan fingerprint density at radius 2 is 1.82 bits per heavy atom. The lowest BCUT2D eigenvalue weighted by molar-refractivity contribution is -0.140. The molecule has 34 heavy (non-hydrogen) atoms. The van der Waals surface area contributed by atoms with Gasteiger partial charge in [0, 0.05) is 31.7 Å². The number of aliphatic hydroxyl groups is 1. The molecule has 180 valence electrons. The summed E-state index contributed by atoms with van der Waals surface area (Å²) in [7, 11) is 1.56. The molecule has 0 aromatic heterocycles. The van der Waals surface area contributed by atoms with E-state index in [0.717, 1.165) is 18.7 Å². The van der Waals surface area contributed by atoms with Crippen LogP contribution < -0.4 is 4.74 Å². The summed E-state index contributed by atoms with van der Waals surface area (Å²) in [5.41, 5.74) is 1.84. The number of halogens is 2. The minimum absolute atomic E-state index is 0.0231. The Bertz CT molecular complexity index is 1140. The molecular formula is C25H26Cl2N2O5. The highest BCUT2D eigenvalue weighted by Crippen LogP contribution is 2.41. The maximum atomic E-state index is 13.2. The van der Waals surface area contributed by atoms with Crippen molar-refractivity contribution in [2.75, 3.05) is 46.5 Å². The third-order valence-electron chi connectivity index (χ3n) is 6.23. The lowest BCUT2D eigenvalue weighted by Crippen LogP contribution is -2.42. The molecule has 4 rings (SSSR count). The van der Waals surface area contributed by atoms with E-state index in [9.17, 15) is 14.7 Å². The van der Waals surface area contributed by atoms with Crippen LogP contribution in [0.3, 0.4) is 0 Å². The number of rotatable bonds is 6. The van der Waals surface area contributed by atoms with Crippen molar-refractivity contribution in [1.82, 2.24) is 9.80 Å². The van der Waals surface area contributed by atoms with Crippen LogP contribution in [0.5, 0.6) is 5.75 Å². The minimum atomic E-state index is -0.793. The number of carbonyl (C=O) groups excluding carboxylic acids is 2. The molecule has 0 unspecified atom stereocenters. The van der Waals surface area contributed by atoms with Crippen molar-refractivity contribution >= 4 is 40.7 Å². The van der Waals surface area contributed by atoms with E-state index in [1.165, 1.54) is 4.90 Å². The summed E-state index contributed by atoms with van der Waals surface area (Å²) in [6.07, 6.45) is 0. The number of aliphatic hydroxyl groups excluding tert-OH is 1. The number of morpholine rings is 1. The van der Waals surface area contributed by atoms with Gasteiger partial charge >= 0.3 is 0 Å². The molecule has 2 heterocycles. The Morgan fingerprint density at radius 3 is 2.47 bits per heavy atom. The SMILES string of the molecule is COc1ccc(/C(O)=C2\C(=O)C(=O)N(CCN3CCOCC3)[C@@H]2c2ccc(Cl)c(Cl)c2)cc1C. The van der Waals surface area contributed by atoms with Crippen LogP contribution in [0.2, 0.25) is 10.0 Å². The molecule has 2 aromatic rings. The van der Waals surface area contributed by atoms with Gasteiger partial charge in [-0.1, -0.05) is 29.3 Å². The van der Waals surface area contributed by atoms with Crippen molar-refractivity contribution in [2.24, 2.45) is 0 Å². The highest BCUT2D eigenvalue weighted by Gasteiger charge is 2.46. The third-order valence-corrected chi connectivity index (χ3v) is 6.97. The fourth-order valence-corrected chi connectivity index (χ4v) is 4.70. The van der Waals surface area contributed by atoms with E-state index < -0.39 is 17.7 Å². The van der Waals surface area contributed by atoms with Gasteiger partial charge in [-0.3, -0.25) is 14.5 Å². The van der Waals surface area contributed by atoms with Crippen LogP contribution >= 0.6 is 23.2 Å². The minimum Gasteiger partial charge on any atom is -0.507 e. The number of likely N-dealkylation sites (tertiary alicyclic amines) is 1. The molecule has 1 N–H and O–H groups in total. The molecule has 0 bridgehead atoms. The topological polar surface area (TPSA) is 79.3 Å². The number of benzene rings is 2. The van der Waals surface area contributed by atoms with E-state index in [-0.39, 0.29) is 11.3 Å². The van der Waals surface area contributed by atoms with Crippen LogP contribution in [0.15, 0.2) is 42.0 Å². The molecule has 7 nitrogen and oxygen atoms in total. The normalized spacial score (nSPS) is 20.7. The number of hydrogen-bond acceptors (Lipinski definition) is 6. The molecule has 9 heteroatoms. The van der Waals surface area contributed by atoms with E-state index in [2.05, 4.69) is 4.90 Å². The summed E-state index contributed by atoms with van der Waals surface area (Å²) in [6.45, 7) is 5.51. The summed E-state index contributed by atoms with van der Waals surface area (Å²) in [5, 5.41) is 11.9. The molecule has 1 atom stereocenters. The van der Waals surface area contributed by atoms with E-state index in [0.29, 0.717) is 53.2 Å². The van der Waals surface area contributed by atoms with Crippen LogP contribution in [0, 0.1) is 6.92 Å². The Kier molecular flexibility index (Phi) is 7.48. The Hall–Kier alpha value is -2.58. The quantitative estimate of drug-likeness (QED) is 0.363.